The molecule has 4 nitrogen and oxygen atoms in total. The molecule has 0 N–H and O–H groups in total. The fraction of sp³-hybridized carbons (Fsp3) is 0.250. The Morgan fingerprint density at radius 3 is 2.43 bits per heavy atom. The van der Waals surface area contributed by atoms with Gasteiger partial charge in [-0.3, -0.25) is 4.98 Å². The molecule has 0 amide bonds. The zero-order valence-corrected chi connectivity index (χ0v) is 13.1. The van der Waals surface area contributed by atoms with Gasteiger partial charge in [-0.25, -0.2) is 4.21 Å². The van der Waals surface area contributed by atoms with Crippen LogP contribution >= 0.6 is 0 Å². The highest BCUT2D eigenvalue weighted by atomic mass is 32.2. The Morgan fingerprint density at radius 1 is 1.14 bits per heavy atom. The van der Waals surface area contributed by atoms with Gasteiger partial charge < -0.3 is 4.74 Å². The molecule has 2 aromatic rings. The first-order valence-electron chi connectivity index (χ1n) is 6.59. The van der Waals surface area contributed by atoms with Crippen molar-refractivity contribution in [2.75, 3.05) is 0 Å². The smallest absolute Gasteiger partial charge is 0.145 e. The highest BCUT2D eigenvalue weighted by Crippen LogP contribution is 2.20. The molecule has 0 aliphatic carbocycles. The quantitative estimate of drug-likeness (QED) is 0.808. The molecule has 0 bridgehead atoms. The summed E-state index contributed by atoms with van der Waals surface area (Å²) in [4.78, 5) is 3.99. The first-order valence-corrected chi connectivity index (χ1v) is 7.70. The standard InChI is InChI=1S/C16H18N2O2S/c1-16(2,3)21(19)18-11-13-6-8-14(9-7-13)20-15-5-4-10-17-12-15/h4-12H,1-3H3/b18-11+/t21-/m1/s1. The molecular formula is C16H18N2O2S. The van der Waals surface area contributed by atoms with Crippen molar-refractivity contribution in [2.45, 2.75) is 25.5 Å². The molecule has 1 heterocycles. The third-order valence-electron chi connectivity index (χ3n) is 2.57. The van der Waals surface area contributed by atoms with Crippen LogP contribution in [0.1, 0.15) is 26.3 Å². The fourth-order valence-corrected chi connectivity index (χ4v) is 1.97. The Labute approximate surface area is 127 Å². The Kier molecular flexibility index (Phi) is 4.85. The molecule has 0 spiro atoms. The van der Waals surface area contributed by atoms with E-state index >= 15 is 0 Å². The first kappa shape index (κ1) is 15.4. The lowest BCUT2D eigenvalue weighted by atomic mass is 10.2. The van der Waals surface area contributed by atoms with Crippen LogP contribution in [0.15, 0.2) is 53.2 Å². The van der Waals surface area contributed by atoms with Crippen LogP contribution < -0.4 is 4.74 Å². The number of rotatable bonds is 4. The predicted molar refractivity (Wildman–Crippen MR) is 86.2 cm³/mol. The van der Waals surface area contributed by atoms with Crippen molar-refractivity contribution in [2.24, 2.45) is 4.40 Å². The van der Waals surface area contributed by atoms with Crippen LogP contribution in [0.5, 0.6) is 11.5 Å². The van der Waals surface area contributed by atoms with Gasteiger partial charge in [0, 0.05) is 12.4 Å². The van der Waals surface area contributed by atoms with Crippen molar-refractivity contribution in [1.29, 1.82) is 0 Å². The van der Waals surface area contributed by atoms with Gasteiger partial charge >= 0.3 is 0 Å². The minimum atomic E-state index is -1.24. The largest absolute Gasteiger partial charge is 0.456 e. The average Bonchev–Trinajstić information content (AvgIpc) is 2.46. The molecule has 0 aliphatic heterocycles. The fourth-order valence-electron chi connectivity index (χ4n) is 1.43. The van der Waals surface area contributed by atoms with Gasteiger partial charge in [0.25, 0.3) is 0 Å². The lowest BCUT2D eigenvalue weighted by molar-refractivity contribution is 0.480. The van der Waals surface area contributed by atoms with E-state index in [9.17, 15) is 4.21 Å². The van der Waals surface area contributed by atoms with E-state index in [2.05, 4.69) is 9.38 Å². The van der Waals surface area contributed by atoms with Crippen molar-refractivity contribution in [3.63, 3.8) is 0 Å². The van der Waals surface area contributed by atoms with Gasteiger partial charge in [0.15, 0.2) is 0 Å². The van der Waals surface area contributed by atoms with Gasteiger partial charge in [0.2, 0.25) is 0 Å². The second kappa shape index (κ2) is 6.63. The minimum Gasteiger partial charge on any atom is -0.456 e. The maximum Gasteiger partial charge on any atom is 0.145 e. The van der Waals surface area contributed by atoms with Gasteiger partial charge in [0.1, 0.15) is 22.5 Å². The average molecular weight is 302 g/mol. The molecule has 1 atom stereocenters. The van der Waals surface area contributed by atoms with E-state index in [0.717, 1.165) is 11.3 Å². The van der Waals surface area contributed by atoms with Crippen LogP contribution in [0.2, 0.25) is 0 Å². The minimum absolute atomic E-state index is 0.347. The number of pyridine rings is 1. The van der Waals surface area contributed by atoms with E-state index in [4.69, 9.17) is 4.74 Å². The molecule has 0 fully saturated rings. The summed E-state index contributed by atoms with van der Waals surface area (Å²) in [6.07, 6.45) is 4.97. The molecule has 0 aliphatic rings. The Morgan fingerprint density at radius 2 is 1.86 bits per heavy atom. The van der Waals surface area contributed by atoms with Gasteiger partial charge in [-0.15, -0.1) is 0 Å². The summed E-state index contributed by atoms with van der Waals surface area (Å²) in [5.41, 5.74) is 0.881. The first-order chi connectivity index (χ1) is 9.95. The van der Waals surface area contributed by atoms with E-state index in [1.54, 1.807) is 18.6 Å². The number of hydrogen-bond acceptors (Lipinski definition) is 3. The second-order valence-electron chi connectivity index (χ2n) is 5.46. The zero-order chi connectivity index (χ0) is 15.3. The second-order valence-corrected chi connectivity index (χ2v) is 7.39. The maximum atomic E-state index is 11.8. The van der Waals surface area contributed by atoms with E-state index in [0.29, 0.717) is 5.75 Å². The van der Waals surface area contributed by atoms with Gasteiger partial charge in [-0.05, 0) is 62.7 Å². The molecule has 110 valence electrons. The summed E-state index contributed by atoms with van der Waals surface area (Å²) < 4.78 is 21.2. The van der Waals surface area contributed by atoms with Crippen LogP contribution in [0, 0.1) is 0 Å². The highest BCUT2D eigenvalue weighted by Gasteiger charge is 2.17. The van der Waals surface area contributed by atoms with Crippen LogP contribution in [0.4, 0.5) is 0 Å². The van der Waals surface area contributed by atoms with Crippen molar-refractivity contribution >= 4 is 17.2 Å². The van der Waals surface area contributed by atoms with Gasteiger partial charge in [-0.1, -0.05) is 0 Å². The number of aromatic nitrogens is 1. The summed E-state index contributed by atoms with van der Waals surface area (Å²) in [7, 11) is -1.24. The number of nitrogens with zero attached hydrogens (tertiary/aromatic N) is 2. The lowest BCUT2D eigenvalue weighted by Gasteiger charge is -2.12. The molecular weight excluding hydrogens is 284 g/mol. The summed E-state index contributed by atoms with van der Waals surface area (Å²) in [5, 5.41) is 0. The van der Waals surface area contributed by atoms with Crippen molar-refractivity contribution in [3.8, 4) is 11.5 Å². The maximum absolute atomic E-state index is 11.8. The normalized spacial score (nSPS) is 13.3. The Hall–Kier alpha value is -2.01. The molecule has 5 heteroatoms. The molecule has 0 saturated heterocycles. The molecule has 0 radical (unpaired) electrons. The van der Waals surface area contributed by atoms with Crippen LogP contribution in [0.3, 0.4) is 0 Å². The molecule has 0 saturated carbocycles. The van der Waals surface area contributed by atoms with E-state index in [1.165, 1.54) is 0 Å². The van der Waals surface area contributed by atoms with Crippen molar-refractivity contribution in [1.82, 2.24) is 4.98 Å². The van der Waals surface area contributed by atoms with Crippen LogP contribution in [0.25, 0.3) is 0 Å². The van der Waals surface area contributed by atoms with Gasteiger partial charge in [-0.2, -0.15) is 4.40 Å². The van der Waals surface area contributed by atoms with Crippen molar-refractivity contribution in [3.05, 3.63) is 54.4 Å². The molecule has 1 aromatic carbocycles. The Balaban J connectivity index is 2.03. The topological polar surface area (TPSA) is 51.5 Å². The number of hydrogen-bond donors (Lipinski definition) is 0. The summed E-state index contributed by atoms with van der Waals surface area (Å²) in [5.74, 6) is 1.41. The van der Waals surface area contributed by atoms with E-state index in [1.807, 2.05) is 57.2 Å². The van der Waals surface area contributed by atoms with Crippen molar-refractivity contribution < 1.29 is 8.95 Å². The third-order valence-corrected chi connectivity index (χ3v) is 3.92. The van der Waals surface area contributed by atoms with Crippen LogP contribution in [-0.4, -0.2) is 20.2 Å². The van der Waals surface area contributed by atoms with Crippen LogP contribution in [-0.2, 0) is 11.0 Å². The third kappa shape index (κ3) is 4.79. The van der Waals surface area contributed by atoms with E-state index < -0.39 is 11.0 Å². The molecule has 2 rings (SSSR count). The monoisotopic (exact) mass is 302 g/mol. The lowest BCUT2D eigenvalue weighted by Crippen LogP contribution is -2.19. The number of benzene rings is 1. The highest BCUT2D eigenvalue weighted by molar-refractivity contribution is 7.85. The molecule has 1 aromatic heterocycles. The SMILES string of the molecule is CC(C)(C)[S@@](=O)/N=C/c1ccc(Oc2cccnc2)cc1. The van der Waals surface area contributed by atoms with E-state index in [-0.39, 0.29) is 4.75 Å². The summed E-state index contributed by atoms with van der Waals surface area (Å²) in [6.45, 7) is 5.68. The molecule has 0 unspecified atom stereocenters. The molecule has 21 heavy (non-hydrogen) atoms. The summed E-state index contributed by atoms with van der Waals surface area (Å²) >= 11 is 0. The Bertz CT molecular complexity index is 632. The zero-order valence-electron chi connectivity index (χ0n) is 12.3. The summed E-state index contributed by atoms with van der Waals surface area (Å²) in [6, 6.07) is 11.1. The number of ether oxygens (including phenoxy) is 1. The predicted octanol–water partition coefficient (Wildman–Crippen LogP) is 3.76. The van der Waals surface area contributed by atoms with Gasteiger partial charge in [0.05, 0.1) is 10.9 Å².